The van der Waals surface area contributed by atoms with Gasteiger partial charge in [-0.05, 0) is 24.8 Å². The molecule has 1 aromatic rings. The van der Waals surface area contributed by atoms with Crippen LogP contribution in [0.25, 0.3) is 0 Å². The summed E-state index contributed by atoms with van der Waals surface area (Å²) < 4.78 is 26.0. The largest absolute Gasteiger partial charge is 0.355 e. The molecule has 6 heteroatoms. The predicted octanol–water partition coefficient (Wildman–Crippen LogP) is 1.80. The summed E-state index contributed by atoms with van der Waals surface area (Å²) in [5.41, 5.74) is 1.11. The molecule has 1 fully saturated rings. The van der Waals surface area contributed by atoms with Crippen molar-refractivity contribution >= 4 is 15.9 Å². The van der Waals surface area contributed by atoms with Crippen molar-refractivity contribution in [2.24, 2.45) is 5.92 Å². The van der Waals surface area contributed by atoms with Crippen LogP contribution in [0.5, 0.6) is 0 Å². The Morgan fingerprint density at radius 3 is 2.48 bits per heavy atom. The quantitative estimate of drug-likeness (QED) is 0.824. The minimum Gasteiger partial charge on any atom is -0.355 e. The minimum absolute atomic E-state index is 0.0171. The zero-order valence-electron chi connectivity index (χ0n) is 13.7. The second kappa shape index (κ2) is 8.45. The summed E-state index contributed by atoms with van der Waals surface area (Å²) in [4.78, 5) is 12.1. The monoisotopic (exact) mass is 338 g/mol. The number of hydrogen-bond donors (Lipinski definition) is 1. The van der Waals surface area contributed by atoms with Gasteiger partial charge in [0, 0.05) is 25.6 Å². The van der Waals surface area contributed by atoms with Crippen LogP contribution in [0, 0.1) is 5.92 Å². The van der Waals surface area contributed by atoms with Gasteiger partial charge in [-0.1, -0.05) is 43.7 Å². The molecule has 0 aliphatic carbocycles. The Labute approximate surface area is 139 Å². The van der Waals surface area contributed by atoms with Gasteiger partial charge in [0.05, 0.1) is 5.75 Å². The SMILES string of the molecule is CC(Cc1ccccc1)C(=O)NCCS(=O)(=O)N1CCCCC1. The lowest BCUT2D eigenvalue weighted by Crippen LogP contribution is -2.41. The lowest BCUT2D eigenvalue weighted by atomic mass is 10.0. The average Bonchev–Trinajstić information content (AvgIpc) is 2.56. The number of sulfonamides is 1. The van der Waals surface area contributed by atoms with Gasteiger partial charge in [-0.15, -0.1) is 0 Å². The van der Waals surface area contributed by atoms with E-state index < -0.39 is 10.0 Å². The van der Waals surface area contributed by atoms with Gasteiger partial charge in [0.1, 0.15) is 0 Å². The molecule has 1 unspecified atom stereocenters. The maximum Gasteiger partial charge on any atom is 0.223 e. The number of nitrogens with zero attached hydrogens (tertiary/aromatic N) is 1. The number of piperidine rings is 1. The average molecular weight is 338 g/mol. The summed E-state index contributed by atoms with van der Waals surface area (Å²) in [5.74, 6) is -0.283. The number of carbonyl (C=O) groups is 1. The molecular formula is C17H26N2O3S. The van der Waals surface area contributed by atoms with Crippen molar-refractivity contribution in [2.75, 3.05) is 25.4 Å². The summed E-state index contributed by atoms with van der Waals surface area (Å²) in [6.45, 7) is 3.26. The standard InChI is InChI=1S/C17H26N2O3S/c1-15(14-16-8-4-2-5-9-16)17(20)18-10-13-23(21,22)19-11-6-3-7-12-19/h2,4-5,8-9,15H,3,6-7,10-14H2,1H3,(H,18,20). The molecule has 1 saturated heterocycles. The summed E-state index contributed by atoms with van der Waals surface area (Å²) in [5, 5.41) is 2.75. The molecule has 0 radical (unpaired) electrons. The topological polar surface area (TPSA) is 66.5 Å². The third kappa shape index (κ3) is 5.62. The molecule has 2 rings (SSSR count). The highest BCUT2D eigenvalue weighted by molar-refractivity contribution is 7.89. The second-order valence-electron chi connectivity index (χ2n) is 6.16. The molecule has 1 N–H and O–H groups in total. The number of carbonyl (C=O) groups excluding carboxylic acids is 1. The number of hydrogen-bond acceptors (Lipinski definition) is 3. The molecule has 1 aliphatic heterocycles. The number of benzene rings is 1. The first kappa shape index (κ1) is 17.9. The molecular weight excluding hydrogens is 312 g/mol. The van der Waals surface area contributed by atoms with Crippen LogP contribution >= 0.6 is 0 Å². The zero-order chi connectivity index (χ0) is 16.7. The number of amides is 1. The van der Waals surface area contributed by atoms with Gasteiger partial charge >= 0.3 is 0 Å². The molecule has 5 nitrogen and oxygen atoms in total. The first-order valence-corrected chi connectivity index (χ1v) is 9.89. The zero-order valence-corrected chi connectivity index (χ0v) is 14.5. The van der Waals surface area contributed by atoms with Crippen molar-refractivity contribution in [3.05, 3.63) is 35.9 Å². The van der Waals surface area contributed by atoms with E-state index in [9.17, 15) is 13.2 Å². The van der Waals surface area contributed by atoms with Crippen molar-refractivity contribution in [2.45, 2.75) is 32.6 Å². The van der Waals surface area contributed by atoms with Gasteiger partial charge < -0.3 is 5.32 Å². The molecule has 1 heterocycles. The van der Waals surface area contributed by atoms with E-state index in [0.29, 0.717) is 19.5 Å². The van der Waals surface area contributed by atoms with Crippen LogP contribution in [0.2, 0.25) is 0 Å². The van der Waals surface area contributed by atoms with E-state index in [4.69, 9.17) is 0 Å². The van der Waals surface area contributed by atoms with Crippen molar-refractivity contribution in [3.63, 3.8) is 0 Å². The molecule has 0 saturated carbocycles. The van der Waals surface area contributed by atoms with Crippen molar-refractivity contribution in [3.8, 4) is 0 Å². The van der Waals surface area contributed by atoms with Crippen molar-refractivity contribution in [1.29, 1.82) is 0 Å². The normalized spacial score (nSPS) is 17.6. The molecule has 1 atom stereocenters. The predicted molar refractivity (Wildman–Crippen MR) is 91.5 cm³/mol. The molecule has 128 valence electrons. The molecule has 0 spiro atoms. The van der Waals surface area contributed by atoms with E-state index in [1.807, 2.05) is 37.3 Å². The van der Waals surface area contributed by atoms with E-state index in [2.05, 4.69) is 5.32 Å². The fourth-order valence-corrected chi connectivity index (χ4v) is 4.24. The van der Waals surface area contributed by atoms with E-state index in [1.165, 1.54) is 0 Å². The molecule has 23 heavy (non-hydrogen) atoms. The fourth-order valence-electron chi connectivity index (χ4n) is 2.81. The third-order valence-corrected chi connectivity index (χ3v) is 6.07. The second-order valence-corrected chi connectivity index (χ2v) is 8.25. The van der Waals surface area contributed by atoms with Gasteiger partial charge in [0.2, 0.25) is 15.9 Å². The van der Waals surface area contributed by atoms with Gasteiger partial charge in [-0.25, -0.2) is 12.7 Å². The maximum absolute atomic E-state index is 12.2. The highest BCUT2D eigenvalue weighted by atomic mass is 32.2. The van der Waals surface area contributed by atoms with Crippen LogP contribution in [0.4, 0.5) is 0 Å². The van der Waals surface area contributed by atoms with Gasteiger partial charge in [0.15, 0.2) is 0 Å². The summed E-state index contributed by atoms with van der Waals surface area (Å²) >= 11 is 0. The maximum atomic E-state index is 12.2. The Kier molecular flexibility index (Phi) is 6.59. The summed E-state index contributed by atoms with van der Waals surface area (Å²) in [7, 11) is -3.24. The minimum atomic E-state index is -3.24. The van der Waals surface area contributed by atoms with E-state index in [-0.39, 0.29) is 24.1 Å². The lowest BCUT2D eigenvalue weighted by Gasteiger charge is -2.26. The molecule has 1 aliphatic rings. The smallest absolute Gasteiger partial charge is 0.223 e. The van der Waals surface area contributed by atoms with Crippen LogP contribution in [0.3, 0.4) is 0 Å². The highest BCUT2D eigenvalue weighted by Gasteiger charge is 2.24. The molecule has 1 amide bonds. The highest BCUT2D eigenvalue weighted by Crippen LogP contribution is 2.13. The van der Waals surface area contributed by atoms with Gasteiger partial charge in [-0.2, -0.15) is 0 Å². The Bertz CT molecular complexity index is 596. The summed E-state index contributed by atoms with van der Waals surface area (Å²) in [6, 6.07) is 9.82. The third-order valence-electron chi connectivity index (χ3n) is 4.20. The van der Waals surface area contributed by atoms with Gasteiger partial charge in [0.25, 0.3) is 0 Å². The Balaban J connectivity index is 1.75. The number of nitrogens with one attached hydrogen (secondary N) is 1. The van der Waals surface area contributed by atoms with Crippen LogP contribution in [-0.4, -0.2) is 44.0 Å². The van der Waals surface area contributed by atoms with Gasteiger partial charge in [-0.3, -0.25) is 4.79 Å². The Morgan fingerprint density at radius 2 is 1.83 bits per heavy atom. The molecule has 0 bridgehead atoms. The molecule has 0 aromatic heterocycles. The van der Waals surface area contributed by atoms with Crippen LogP contribution in [0.15, 0.2) is 30.3 Å². The summed E-state index contributed by atoms with van der Waals surface area (Å²) in [6.07, 6.45) is 3.62. The van der Waals surface area contributed by atoms with Crippen molar-refractivity contribution < 1.29 is 13.2 Å². The van der Waals surface area contributed by atoms with E-state index in [0.717, 1.165) is 24.8 Å². The molecule has 1 aromatic carbocycles. The van der Waals surface area contributed by atoms with Crippen LogP contribution < -0.4 is 5.32 Å². The number of rotatable bonds is 7. The Morgan fingerprint density at radius 1 is 1.17 bits per heavy atom. The lowest BCUT2D eigenvalue weighted by molar-refractivity contribution is -0.124. The van der Waals surface area contributed by atoms with Crippen LogP contribution in [-0.2, 0) is 21.2 Å². The Hall–Kier alpha value is -1.40. The first-order chi connectivity index (χ1) is 11.0. The van der Waals surface area contributed by atoms with Crippen molar-refractivity contribution in [1.82, 2.24) is 9.62 Å². The van der Waals surface area contributed by atoms with Crippen LogP contribution in [0.1, 0.15) is 31.7 Å². The fraction of sp³-hybridized carbons (Fsp3) is 0.588. The van der Waals surface area contributed by atoms with E-state index >= 15 is 0 Å². The first-order valence-electron chi connectivity index (χ1n) is 8.28. The van der Waals surface area contributed by atoms with E-state index in [1.54, 1.807) is 4.31 Å².